The maximum atomic E-state index is 13.7. The molecule has 1 unspecified atom stereocenters. The molecule has 0 aliphatic carbocycles. The molecule has 0 bridgehead atoms. The summed E-state index contributed by atoms with van der Waals surface area (Å²) in [6.45, 7) is 1.96. The Morgan fingerprint density at radius 2 is 1.83 bits per heavy atom. The first-order valence-corrected chi connectivity index (χ1v) is 5.97. The van der Waals surface area contributed by atoms with E-state index in [1.807, 2.05) is 6.92 Å². The lowest BCUT2D eigenvalue weighted by atomic mass is 10.0. The molecule has 2 rings (SSSR count). The minimum atomic E-state index is -0.302. The van der Waals surface area contributed by atoms with Crippen molar-refractivity contribution in [2.45, 2.75) is 19.4 Å². The van der Waals surface area contributed by atoms with Gasteiger partial charge in [-0.25, -0.2) is 8.78 Å². The van der Waals surface area contributed by atoms with E-state index < -0.39 is 0 Å². The van der Waals surface area contributed by atoms with E-state index in [0.717, 1.165) is 6.42 Å². The molecule has 2 aromatic rings. The molecule has 0 fully saturated rings. The Bertz CT molecular complexity index is 525. The van der Waals surface area contributed by atoms with Gasteiger partial charge in [0, 0.05) is 11.3 Å². The van der Waals surface area contributed by atoms with Crippen molar-refractivity contribution >= 4 is 5.69 Å². The minimum absolute atomic E-state index is 0.159. The van der Waals surface area contributed by atoms with Crippen molar-refractivity contribution in [3.05, 3.63) is 65.7 Å². The van der Waals surface area contributed by atoms with Gasteiger partial charge in [-0.2, -0.15) is 0 Å². The quantitative estimate of drug-likeness (QED) is 0.837. The first-order valence-electron chi connectivity index (χ1n) is 5.97. The van der Waals surface area contributed by atoms with Gasteiger partial charge in [-0.1, -0.05) is 31.2 Å². The molecule has 18 heavy (non-hydrogen) atoms. The van der Waals surface area contributed by atoms with E-state index in [-0.39, 0.29) is 17.7 Å². The second-order valence-corrected chi connectivity index (χ2v) is 4.14. The molecule has 1 nitrogen and oxygen atoms in total. The average molecular weight is 247 g/mol. The molecule has 3 heteroatoms. The van der Waals surface area contributed by atoms with E-state index in [2.05, 4.69) is 5.32 Å². The number of nitrogens with one attached hydrogen (secondary N) is 1. The third kappa shape index (κ3) is 2.86. The summed E-state index contributed by atoms with van der Waals surface area (Å²) in [5.74, 6) is -0.545. The van der Waals surface area contributed by atoms with E-state index >= 15 is 0 Å². The molecule has 0 aliphatic heterocycles. The summed E-state index contributed by atoms with van der Waals surface area (Å²) in [4.78, 5) is 0. The van der Waals surface area contributed by atoms with Crippen molar-refractivity contribution in [2.75, 3.05) is 5.32 Å². The van der Waals surface area contributed by atoms with Crippen molar-refractivity contribution in [2.24, 2.45) is 0 Å². The van der Waals surface area contributed by atoms with Gasteiger partial charge in [-0.15, -0.1) is 0 Å². The van der Waals surface area contributed by atoms with Crippen LogP contribution in [0.4, 0.5) is 14.5 Å². The highest BCUT2D eigenvalue weighted by Gasteiger charge is 2.13. The van der Waals surface area contributed by atoms with Crippen LogP contribution in [0.15, 0.2) is 48.5 Å². The fraction of sp³-hybridized carbons (Fsp3) is 0.200. The highest BCUT2D eigenvalue weighted by molar-refractivity contribution is 5.45. The third-order valence-electron chi connectivity index (χ3n) is 2.85. The number of anilines is 1. The fourth-order valence-electron chi connectivity index (χ4n) is 1.94. The molecule has 1 atom stereocenters. The van der Waals surface area contributed by atoms with Crippen LogP contribution in [0.25, 0.3) is 0 Å². The van der Waals surface area contributed by atoms with Gasteiger partial charge in [-0.05, 0) is 30.7 Å². The first-order chi connectivity index (χ1) is 8.70. The molecule has 0 aromatic heterocycles. The van der Waals surface area contributed by atoms with Crippen molar-refractivity contribution < 1.29 is 8.78 Å². The molecule has 0 amide bonds. The molecule has 2 aromatic carbocycles. The SMILES string of the molecule is CCC(Nc1cccc(F)c1)c1ccccc1F. The number of halogens is 2. The minimum Gasteiger partial charge on any atom is -0.378 e. The summed E-state index contributed by atoms with van der Waals surface area (Å²) >= 11 is 0. The topological polar surface area (TPSA) is 12.0 Å². The molecule has 1 N–H and O–H groups in total. The van der Waals surface area contributed by atoms with Crippen LogP contribution in [0.2, 0.25) is 0 Å². The van der Waals surface area contributed by atoms with Gasteiger partial charge in [0.05, 0.1) is 6.04 Å². The Labute approximate surface area is 105 Å². The van der Waals surface area contributed by atoms with Crippen molar-refractivity contribution in [1.29, 1.82) is 0 Å². The van der Waals surface area contributed by atoms with Crippen LogP contribution in [-0.4, -0.2) is 0 Å². The zero-order valence-electron chi connectivity index (χ0n) is 10.2. The van der Waals surface area contributed by atoms with Crippen LogP contribution in [0, 0.1) is 11.6 Å². The highest BCUT2D eigenvalue weighted by Crippen LogP contribution is 2.24. The number of hydrogen-bond donors (Lipinski definition) is 1. The lowest BCUT2D eigenvalue weighted by molar-refractivity contribution is 0.587. The maximum absolute atomic E-state index is 13.7. The summed E-state index contributed by atoms with van der Waals surface area (Å²) in [6, 6.07) is 12.7. The Hall–Kier alpha value is -1.90. The van der Waals surface area contributed by atoms with E-state index in [9.17, 15) is 8.78 Å². The Morgan fingerprint density at radius 3 is 2.50 bits per heavy atom. The summed E-state index contributed by atoms with van der Waals surface area (Å²) in [7, 11) is 0. The molecule has 0 saturated heterocycles. The van der Waals surface area contributed by atoms with Gasteiger partial charge < -0.3 is 5.32 Å². The lowest BCUT2D eigenvalue weighted by Gasteiger charge is -2.19. The summed E-state index contributed by atoms with van der Waals surface area (Å²) < 4.78 is 26.8. The molecular weight excluding hydrogens is 232 g/mol. The zero-order valence-corrected chi connectivity index (χ0v) is 10.2. The largest absolute Gasteiger partial charge is 0.378 e. The molecular formula is C15H15F2N. The zero-order chi connectivity index (χ0) is 13.0. The van der Waals surface area contributed by atoms with Crippen LogP contribution < -0.4 is 5.32 Å². The van der Waals surface area contributed by atoms with Crippen LogP contribution in [-0.2, 0) is 0 Å². The van der Waals surface area contributed by atoms with Gasteiger partial charge in [0.1, 0.15) is 11.6 Å². The predicted molar refractivity (Wildman–Crippen MR) is 69.5 cm³/mol. The van der Waals surface area contributed by atoms with Gasteiger partial charge in [0.2, 0.25) is 0 Å². The maximum Gasteiger partial charge on any atom is 0.128 e. The molecule has 0 spiro atoms. The molecule has 0 radical (unpaired) electrons. The first kappa shape index (κ1) is 12.6. The second kappa shape index (κ2) is 5.63. The Morgan fingerprint density at radius 1 is 1.06 bits per heavy atom. The Balaban J connectivity index is 2.23. The smallest absolute Gasteiger partial charge is 0.128 e. The Kier molecular flexibility index (Phi) is 3.92. The third-order valence-corrected chi connectivity index (χ3v) is 2.85. The fourth-order valence-corrected chi connectivity index (χ4v) is 1.94. The normalized spacial score (nSPS) is 12.2. The van der Waals surface area contributed by atoms with Gasteiger partial charge in [-0.3, -0.25) is 0 Å². The molecule has 0 aliphatic rings. The number of hydrogen-bond acceptors (Lipinski definition) is 1. The predicted octanol–water partition coefficient (Wildman–Crippen LogP) is 4.53. The van der Waals surface area contributed by atoms with Crippen LogP contribution >= 0.6 is 0 Å². The molecule has 0 heterocycles. The number of benzene rings is 2. The van der Waals surface area contributed by atoms with E-state index in [1.165, 1.54) is 18.2 Å². The summed E-state index contributed by atoms with van der Waals surface area (Å²) in [5.41, 5.74) is 1.26. The monoisotopic (exact) mass is 247 g/mol. The van der Waals surface area contributed by atoms with Gasteiger partial charge >= 0.3 is 0 Å². The second-order valence-electron chi connectivity index (χ2n) is 4.14. The van der Waals surface area contributed by atoms with E-state index in [0.29, 0.717) is 11.3 Å². The molecule has 94 valence electrons. The molecule has 0 saturated carbocycles. The van der Waals surface area contributed by atoms with Gasteiger partial charge in [0.25, 0.3) is 0 Å². The van der Waals surface area contributed by atoms with Crippen LogP contribution in [0.1, 0.15) is 24.9 Å². The lowest BCUT2D eigenvalue weighted by Crippen LogP contribution is -2.11. The average Bonchev–Trinajstić information content (AvgIpc) is 2.37. The number of rotatable bonds is 4. The highest BCUT2D eigenvalue weighted by atomic mass is 19.1. The summed E-state index contributed by atoms with van der Waals surface area (Å²) in [6.07, 6.45) is 0.720. The summed E-state index contributed by atoms with van der Waals surface area (Å²) in [5, 5.41) is 3.15. The van der Waals surface area contributed by atoms with Crippen molar-refractivity contribution in [3.63, 3.8) is 0 Å². The van der Waals surface area contributed by atoms with Gasteiger partial charge in [0.15, 0.2) is 0 Å². The van der Waals surface area contributed by atoms with Crippen molar-refractivity contribution in [3.8, 4) is 0 Å². The standard InChI is InChI=1S/C15H15F2N/c1-2-15(13-8-3-4-9-14(13)17)18-12-7-5-6-11(16)10-12/h3-10,15,18H,2H2,1H3. The van der Waals surface area contributed by atoms with E-state index in [1.54, 1.807) is 30.3 Å². The van der Waals surface area contributed by atoms with Crippen molar-refractivity contribution in [1.82, 2.24) is 0 Å². The van der Waals surface area contributed by atoms with E-state index in [4.69, 9.17) is 0 Å². The van der Waals surface area contributed by atoms with Crippen LogP contribution in [0.5, 0.6) is 0 Å². The van der Waals surface area contributed by atoms with Crippen LogP contribution in [0.3, 0.4) is 0 Å².